The third-order valence-electron chi connectivity index (χ3n) is 4.55. The standard InChI is InChI=1S/C14H22N2O3S/c1-16-10-13(9-15-16)20(17,18)11-12-5-8-14(19-12)6-3-2-4-7-14/h9-10,12H,2-8,11H2,1H3/t12-/m1/s1. The summed E-state index contributed by atoms with van der Waals surface area (Å²) < 4.78 is 32.3. The van der Waals surface area contributed by atoms with Gasteiger partial charge in [0.25, 0.3) is 0 Å². The largest absolute Gasteiger partial charge is 0.371 e. The number of hydrogen-bond acceptors (Lipinski definition) is 4. The van der Waals surface area contributed by atoms with Crippen LogP contribution in [0, 0.1) is 0 Å². The van der Waals surface area contributed by atoms with E-state index in [4.69, 9.17) is 4.74 Å². The van der Waals surface area contributed by atoms with Gasteiger partial charge < -0.3 is 4.74 Å². The van der Waals surface area contributed by atoms with Crippen molar-refractivity contribution in [2.24, 2.45) is 7.05 Å². The lowest BCUT2D eigenvalue weighted by Gasteiger charge is -2.33. The van der Waals surface area contributed by atoms with E-state index in [1.54, 1.807) is 13.2 Å². The van der Waals surface area contributed by atoms with Crippen LogP contribution in [0.1, 0.15) is 44.9 Å². The molecule has 3 rings (SSSR count). The van der Waals surface area contributed by atoms with Crippen molar-refractivity contribution < 1.29 is 13.2 Å². The Hall–Kier alpha value is -0.880. The lowest BCUT2D eigenvalue weighted by molar-refractivity contribution is -0.0559. The van der Waals surface area contributed by atoms with E-state index in [1.165, 1.54) is 30.1 Å². The van der Waals surface area contributed by atoms with Gasteiger partial charge in [0.15, 0.2) is 9.84 Å². The van der Waals surface area contributed by atoms with Crippen LogP contribution in [0.3, 0.4) is 0 Å². The monoisotopic (exact) mass is 298 g/mol. The maximum atomic E-state index is 12.3. The Labute approximate surface area is 120 Å². The Kier molecular flexibility index (Phi) is 3.62. The summed E-state index contributed by atoms with van der Waals surface area (Å²) in [5, 5.41) is 3.94. The first-order valence-corrected chi connectivity index (χ1v) is 9.04. The molecule has 0 radical (unpaired) electrons. The second kappa shape index (κ2) is 5.15. The molecule has 0 amide bonds. The van der Waals surface area contributed by atoms with Crippen LogP contribution in [0.5, 0.6) is 0 Å². The Morgan fingerprint density at radius 1 is 1.35 bits per heavy atom. The van der Waals surface area contributed by atoms with Gasteiger partial charge in [-0.1, -0.05) is 19.3 Å². The second-order valence-corrected chi connectivity index (χ2v) is 8.19. The SMILES string of the molecule is Cn1cc(S(=O)(=O)C[C@H]2CCC3(CCCCC3)O2)cn1. The van der Waals surface area contributed by atoms with Gasteiger partial charge in [-0.15, -0.1) is 0 Å². The molecule has 1 spiro atoms. The quantitative estimate of drug-likeness (QED) is 0.857. The number of nitrogens with zero attached hydrogens (tertiary/aromatic N) is 2. The van der Waals surface area contributed by atoms with Crippen molar-refractivity contribution in [3.05, 3.63) is 12.4 Å². The average Bonchev–Trinajstić information content (AvgIpc) is 2.98. The van der Waals surface area contributed by atoms with Gasteiger partial charge in [0, 0.05) is 13.2 Å². The van der Waals surface area contributed by atoms with E-state index in [2.05, 4.69) is 5.10 Å². The van der Waals surface area contributed by atoms with Gasteiger partial charge in [-0.05, 0) is 25.7 Å². The molecule has 1 aliphatic carbocycles. The minimum atomic E-state index is -3.29. The Balaban J connectivity index is 1.67. The summed E-state index contributed by atoms with van der Waals surface area (Å²) in [6.07, 6.45) is 10.6. The zero-order valence-corrected chi connectivity index (χ0v) is 12.7. The zero-order valence-electron chi connectivity index (χ0n) is 11.9. The fraction of sp³-hybridized carbons (Fsp3) is 0.786. The molecule has 1 aromatic rings. The predicted molar refractivity (Wildman–Crippen MR) is 75.2 cm³/mol. The summed E-state index contributed by atoms with van der Waals surface area (Å²) in [4.78, 5) is 0.299. The number of sulfone groups is 1. The van der Waals surface area contributed by atoms with Crippen LogP contribution in [0.25, 0.3) is 0 Å². The molecule has 0 unspecified atom stereocenters. The maximum absolute atomic E-state index is 12.3. The molecule has 1 aromatic heterocycles. The molecule has 0 aromatic carbocycles. The molecule has 1 saturated heterocycles. The van der Waals surface area contributed by atoms with Crippen molar-refractivity contribution in [3.63, 3.8) is 0 Å². The number of hydrogen-bond donors (Lipinski definition) is 0. The molecule has 5 nitrogen and oxygen atoms in total. The summed E-state index contributed by atoms with van der Waals surface area (Å²) in [5.41, 5.74) is -0.0205. The Morgan fingerprint density at radius 3 is 2.75 bits per heavy atom. The van der Waals surface area contributed by atoms with Gasteiger partial charge in [-0.25, -0.2) is 8.42 Å². The van der Waals surface area contributed by atoms with E-state index in [1.807, 2.05) is 0 Å². The summed E-state index contributed by atoms with van der Waals surface area (Å²) in [5.74, 6) is 0.0838. The molecule has 2 fully saturated rings. The average molecular weight is 298 g/mol. The van der Waals surface area contributed by atoms with Crippen LogP contribution in [-0.4, -0.2) is 35.7 Å². The highest BCUT2D eigenvalue weighted by Crippen LogP contribution is 2.42. The highest BCUT2D eigenvalue weighted by atomic mass is 32.2. The molecule has 1 saturated carbocycles. The predicted octanol–water partition coefficient (Wildman–Crippen LogP) is 2.08. The fourth-order valence-corrected chi connectivity index (χ4v) is 4.91. The summed E-state index contributed by atoms with van der Waals surface area (Å²) >= 11 is 0. The lowest BCUT2D eigenvalue weighted by Crippen LogP contribution is -2.33. The third kappa shape index (κ3) is 2.76. The summed E-state index contributed by atoms with van der Waals surface area (Å²) in [7, 11) is -1.56. The minimum Gasteiger partial charge on any atom is -0.371 e. The smallest absolute Gasteiger partial charge is 0.184 e. The fourth-order valence-electron chi connectivity index (χ4n) is 3.48. The second-order valence-electron chi connectivity index (χ2n) is 6.15. The van der Waals surface area contributed by atoms with E-state index < -0.39 is 9.84 Å². The zero-order chi connectivity index (χ0) is 14.2. The normalized spacial score (nSPS) is 26.1. The molecule has 20 heavy (non-hydrogen) atoms. The van der Waals surface area contributed by atoms with Crippen LogP contribution >= 0.6 is 0 Å². The summed E-state index contributed by atoms with van der Waals surface area (Å²) in [6.45, 7) is 0. The van der Waals surface area contributed by atoms with E-state index in [9.17, 15) is 8.42 Å². The van der Waals surface area contributed by atoms with Crippen molar-refractivity contribution >= 4 is 9.84 Å². The van der Waals surface area contributed by atoms with Gasteiger partial charge >= 0.3 is 0 Å². The van der Waals surface area contributed by atoms with E-state index in [-0.39, 0.29) is 17.5 Å². The van der Waals surface area contributed by atoms with Crippen LogP contribution in [0.2, 0.25) is 0 Å². The first kappa shape index (κ1) is 14.1. The Bertz CT molecular complexity index is 573. The van der Waals surface area contributed by atoms with Gasteiger partial charge in [0.2, 0.25) is 0 Å². The highest BCUT2D eigenvalue weighted by molar-refractivity contribution is 7.91. The molecule has 0 bridgehead atoms. The third-order valence-corrected chi connectivity index (χ3v) is 6.29. The molecule has 6 heteroatoms. The topological polar surface area (TPSA) is 61.2 Å². The van der Waals surface area contributed by atoms with Crippen LogP contribution < -0.4 is 0 Å². The first-order valence-electron chi connectivity index (χ1n) is 7.38. The van der Waals surface area contributed by atoms with Crippen LogP contribution in [0.4, 0.5) is 0 Å². The van der Waals surface area contributed by atoms with Crippen molar-refractivity contribution in [1.29, 1.82) is 0 Å². The lowest BCUT2D eigenvalue weighted by atomic mass is 9.83. The van der Waals surface area contributed by atoms with Crippen molar-refractivity contribution in [1.82, 2.24) is 9.78 Å². The number of rotatable bonds is 3. The first-order chi connectivity index (χ1) is 9.49. The molecule has 112 valence electrons. The molecule has 2 heterocycles. The highest BCUT2D eigenvalue weighted by Gasteiger charge is 2.42. The number of aryl methyl sites for hydroxylation is 1. The number of ether oxygens (including phenoxy) is 1. The molecular weight excluding hydrogens is 276 g/mol. The molecule has 1 aliphatic heterocycles. The van der Waals surface area contributed by atoms with Crippen LogP contribution in [0.15, 0.2) is 17.3 Å². The van der Waals surface area contributed by atoms with Gasteiger partial charge in [-0.3, -0.25) is 4.68 Å². The molecular formula is C14H22N2O3S. The van der Waals surface area contributed by atoms with Gasteiger partial charge in [0.05, 0.1) is 23.7 Å². The van der Waals surface area contributed by atoms with Gasteiger partial charge in [-0.2, -0.15) is 5.10 Å². The Morgan fingerprint density at radius 2 is 2.10 bits per heavy atom. The van der Waals surface area contributed by atoms with Crippen molar-refractivity contribution in [3.8, 4) is 0 Å². The van der Waals surface area contributed by atoms with Crippen molar-refractivity contribution in [2.75, 3.05) is 5.75 Å². The maximum Gasteiger partial charge on any atom is 0.184 e. The molecule has 0 N–H and O–H groups in total. The van der Waals surface area contributed by atoms with E-state index >= 15 is 0 Å². The van der Waals surface area contributed by atoms with Gasteiger partial charge in [0.1, 0.15) is 4.90 Å². The summed E-state index contributed by atoms with van der Waals surface area (Å²) in [6, 6.07) is 0. The van der Waals surface area contributed by atoms with E-state index in [0.717, 1.165) is 25.7 Å². The molecule has 1 atom stereocenters. The molecule has 2 aliphatic rings. The van der Waals surface area contributed by atoms with Crippen LogP contribution in [-0.2, 0) is 21.6 Å². The van der Waals surface area contributed by atoms with Crippen molar-refractivity contribution in [2.45, 2.75) is 61.5 Å². The number of aromatic nitrogens is 2. The minimum absolute atomic E-state index is 0.0205. The van der Waals surface area contributed by atoms with E-state index in [0.29, 0.717) is 4.90 Å².